The van der Waals surface area contributed by atoms with Crippen molar-refractivity contribution in [3.63, 3.8) is 0 Å². The minimum Gasteiger partial charge on any atom is -0.281 e. The number of hydrogen-bond donors (Lipinski definition) is 0. The minimum atomic E-state index is 0.224. The standard InChI is InChI=1S/C13H19NS/c1-13(2,3)11-8-6-10(7-9-11)12(14-4)15-5/h6-9H,1-5H3. The van der Waals surface area contributed by atoms with E-state index in [9.17, 15) is 0 Å². The Balaban J connectivity index is 3.00. The zero-order valence-corrected chi connectivity index (χ0v) is 11.0. The van der Waals surface area contributed by atoms with Gasteiger partial charge in [-0.25, -0.2) is 0 Å². The van der Waals surface area contributed by atoms with Crippen molar-refractivity contribution in [3.05, 3.63) is 35.4 Å². The zero-order valence-electron chi connectivity index (χ0n) is 10.2. The molecule has 0 aliphatic heterocycles. The van der Waals surface area contributed by atoms with Gasteiger partial charge in [0.05, 0.1) is 5.04 Å². The van der Waals surface area contributed by atoms with Crippen molar-refractivity contribution in [1.82, 2.24) is 0 Å². The van der Waals surface area contributed by atoms with Crippen molar-refractivity contribution in [2.75, 3.05) is 13.3 Å². The summed E-state index contributed by atoms with van der Waals surface area (Å²) in [5, 5.41) is 1.09. The summed E-state index contributed by atoms with van der Waals surface area (Å²) in [7, 11) is 1.84. The molecule has 0 radical (unpaired) electrons. The first-order valence-electron chi connectivity index (χ1n) is 5.10. The van der Waals surface area contributed by atoms with Gasteiger partial charge in [-0.3, -0.25) is 4.99 Å². The summed E-state index contributed by atoms with van der Waals surface area (Å²) < 4.78 is 0. The van der Waals surface area contributed by atoms with Gasteiger partial charge in [0.15, 0.2) is 0 Å². The van der Waals surface area contributed by atoms with Crippen LogP contribution in [-0.2, 0) is 5.41 Å². The predicted octanol–water partition coefficient (Wildman–Crippen LogP) is 3.72. The van der Waals surface area contributed by atoms with E-state index < -0.39 is 0 Å². The normalized spacial score (nSPS) is 13.0. The monoisotopic (exact) mass is 221 g/mol. The molecule has 1 aromatic rings. The molecule has 0 fully saturated rings. The van der Waals surface area contributed by atoms with Crippen LogP contribution >= 0.6 is 11.8 Å². The van der Waals surface area contributed by atoms with E-state index in [1.165, 1.54) is 11.1 Å². The molecule has 15 heavy (non-hydrogen) atoms. The SMILES string of the molecule is CN=C(SC)c1ccc(C(C)(C)C)cc1. The summed E-state index contributed by atoms with van der Waals surface area (Å²) >= 11 is 1.69. The lowest BCUT2D eigenvalue weighted by molar-refractivity contribution is 0.590. The number of nitrogens with zero attached hydrogens (tertiary/aromatic N) is 1. The second-order valence-electron chi connectivity index (χ2n) is 4.56. The van der Waals surface area contributed by atoms with Crippen LogP contribution in [0.4, 0.5) is 0 Å². The molecule has 0 atom stereocenters. The van der Waals surface area contributed by atoms with Gasteiger partial charge in [0.1, 0.15) is 0 Å². The maximum Gasteiger partial charge on any atom is 0.0970 e. The fourth-order valence-electron chi connectivity index (χ4n) is 1.45. The Morgan fingerprint density at radius 3 is 2.00 bits per heavy atom. The van der Waals surface area contributed by atoms with E-state index in [-0.39, 0.29) is 5.41 Å². The highest BCUT2D eigenvalue weighted by atomic mass is 32.2. The number of aliphatic imine (C=N–C) groups is 1. The molecule has 0 saturated heterocycles. The zero-order chi connectivity index (χ0) is 11.5. The molecule has 0 bridgehead atoms. The Morgan fingerprint density at radius 1 is 1.13 bits per heavy atom. The van der Waals surface area contributed by atoms with Crippen molar-refractivity contribution in [2.45, 2.75) is 26.2 Å². The molecule has 0 unspecified atom stereocenters. The molecule has 0 saturated carbocycles. The van der Waals surface area contributed by atoms with Gasteiger partial charge in [0.25, 0.3) is 0 Å². The molecular weight excluding hydrogens is 202 g/mol. The van der Waals surface area contributed by atoms with Crippen molar-refractivity contribution < 1.29 is 0 Å². The highest BCUT2D eigenvalue weighted by Gasteiger charge is 2.13. The van der Waals surface area contributed by atoms with Crippen molar-refractivity contribution in [1.29, 1.82) is 0 Å². The van der Waals surface area contributed by atoms with Crippen LogP contribution in [0.3, 0.4) is 0 Å². The minimum absolute atomic E-state index is 0.224. The van der Waals surface area contributed by atoms with Gasteiger partial charge in [-0.05, 0) is 17.2 Å². The van der Waals surface area contributed by atoms with E-state index in [2.05, 4.69) is 56.3 Å². The predicted molar refractivity (Wildman–Crippen MR) is 71.1 cm³/mol. The topological polar surface area (TPSA) is 12.4 Å². The smallest absolute Gasteiger partial charge is 0.0970 e. The van der Waals surface area contributed by atoms with Crippen LogP contribution in [0.25, 0.3) is 0 Å². The molecule has 1 aromatic carbocycles. The summed E-state index contributed by atoms with van der Waals surface area (Å²) in [6.07, 6.45) is 2.06. The van der Waals surface area contributed by atoms with Gasteiger partial charge in [-0.2, -0.15) is 0 Å². The molecule has 0 amide bonds. The fraction of sp³-hybridized carbons (Fsp3) is 0.462. The lowest BCUT2D eigenvalue weighted by Gasteiger charge is -2.19. The second kappa shape index (κ2) is 4.84. The molecule has 1 nitrogen and oxygen atoms in total. The molecule has 82 valence electrons. The Morgan fingerprint density at radius 2 is 1.67 bits per heavy atom. The second-order valence-corrected chi connectivity index (χ2v) is 5.36. The average molecular weight is 221 g/mol. The summed E-state index contributed by atoms with van der Waals surface area (Å²) in [6, 6.07) is 8.69. The summed E-state index contributed by atoms with van der Waals surface area (Å²) in [4.78, 5) is 4.25. The summed E-state index contributed by atoms with van der Waals surface area (Å²) in [5.74, 6) is 0. The molecule has 2 heteroatoms. The maximum absolute atomic E-state index is 4.25. The maximum atomic E-state index is 4.25. The molecule has 1 rings (SSSR count). The highest BCUT2D eigenvalue weighted by Crippen LogP contribution is 2.23. The van der Waals surface area contributed by atoms with Crippen LogP contribution in [0.15, 0.2) is 29.3 Å². The van der Waals surface area contributed by atoms with Gasteiger partial charge >= 0.3 is 0 Å². The molecule has 0 aliphatic rings. The van der Waals surface area contributed by atoms with Crippen LogP contribution in [0, 0.1) is 0 Å². The molecule has 0 heterocycles. The van der Waals surface area contributed by atoms with Crippen LogP contribution in [0.5, 0.6) is 0 Å². The van der Waals surface area contributed by atoms with Crippen LogP contribution in [0.1, 0.15) is 31.9 Å². The molecule has 0 aliphatic carbocycles. The number of hydrogen-bond acceptors (Lipinski definition) is 2. The third-order valence-electron chi connectivity index (χ3n) is 2.39. The largest absolute Gasteiger partial charge is 0.281 e. The number of thioether (sulfide) groups is 1. The Kier molecular flexibility index (Phi) is 3.97. The Hall–Kier alpha value is -0.760. The van der Waals surface area contributed by atoms with Crippen LogP contribution < -0.4 is 0 Å². The third-order valence-corrected chi connectivity index (χ3v) is 3.20. The van der Waals surface area contributed by atoms with Crippen molar-refractivity contribution in [3.8, 4) is 0 Å². The lowest BCUT2D eigenvalue weighted by Crippen LogP contribution is -2.11. The first-order valence-corrected chi connectivity index (χ1v) is 6.33. The van der Waals surface area contributed by atoms with E-state index in [1.54, 1.807) is 11.8 Å². The first-order chi connectivity index (χ1) is 6.99. The Bertz CT molecular complexity index is 344. The van der Waals surface area contributed by atoms with E-state index in [0.717, 1.165) is 5.04 Å². The number of benzene rings is 1. The quantitative estimate of drug-likeness (QED) is 0.520. The lowest BCUT2D eigenvalue weighted by atomic mass is 9.87. The van der Waals surface area contributed by atoms with Crippen molar-refractivity contribution >= 4 is 16.8 Å². The van der Waals surface area contributed by atoms with Gasteiger partial charge < -0.3 is 0 Å². The molecule has 0 N–H and O–H groups in total. The molecule has 0 aromatic heterocycles. The average Bonchev–Trinajstić information content (AvgIpc) is 2.19. The van der Waals surface area contributed by atoms with Gasteiger partial charge in [-0.1, -0.05) is 45.0 Å². The van der Waals surface area contributed by atoms with Crippen LogP contribution in [0.2, 0.25) is 0 Å². The molecule has 0 spiro atoms. The Labute approximate surface area is 97.0 Å². The summed E-state index contributed by atoms with van der Waals surface area (Å²) in [6.45, 7) is 6.68. The first kappa shape index (κ1) is 12.3. The fourth-order valence-corrected chi connectivity index (χ4v) is 2.01. The highest BCUT2D eigenvalue weighted by molar-refractivity contribution is 8.13. The molecular formula is C13H19NS. The van der Waals surface area contributed by atoms with Gasteiger partial charge in [0.2, 0.25) is 0 Å². The van der Waals surface area contributed by atoms with Gasteiger partial charge in [0, 0.05) is 12.6 Å². The van der Waals surface area contributed by atoms with Crippen molar-refractivity contribution in [2.24, 2.45) is 4.99 Å². The van der Waals surface area contributed by atoms with E-state index >= 15 is 0 Å². The van der Waals surface area contributed by atoms with E-state index in [0.29, 0.717) is 0 Å². The van der Waals surface area contributed by atoms with Gasteiger partial charge in [-0.15, -0.1) is 11.8 Å². The summed E-state index contributed by atoms with van der Waals surface area (Å²) in [5.41, 5.74) is 2.79. The number of rotatable bonds is 1. The van der Waals surface area contributed by atoms with E-state index in [1.807, 2.05) is 7.05 Å². The van der Waals surface area contributed by atoms with Crippen LogP contribution in [-0.4, -0.2) is 18.3 Å². The third kappa shape index (κ3) is 3.10. The van der Waals surface area contributed by atoms with E-state index in [4.69, 9.17) is 0 Å².